The summed E-state index contributed by atoms with van der Waals surface area (Å²) in [5.74, 6) is 0. The van der Waals surface area contributed by atoms with Gasteiger partial charge in [-0.1, -0.05) is 37.2 Å². The summed E-state index contributed by atoms with van der Waals surface area (Å²) in [6, 6.07) is 0. The predicted molar refractivity (Wildman–Crippen MR) is 50.5 cm³/mol. The highest BCUT2D eigenvalue weighted by atomic mass is 35.5. The van der Waals surface area contributed by atoms with E-state index in [0.29, 0.717) is 10.4 Å². The van der Waals surface area contributed by atoms with Crippen LogP contribution in [0, 0.1) is 0 Å². The lowest BCUT2D eigenvalue weighted by atomic mass is 10.4. The average molecular weight is 209 g/mol. The fraction of sp³-hybridized carbons (Fsp3) is 0.667. The number of rotatable bonds is 3. The Morgan fingerprint density at radius 1 is 1.64 bits per heavy atom. The van der Waals surface area contributed by atoms with Gasteiger partial charge in [0.15, 0.2) is 5.15 Å². The molecule has 0 aliphatic carbocycles. The Balaban J connectivity index is 2.56. The predicted octanol–water partition coefficient (Wildman–Crippen LogP) is 3.08. The summed E-state index contributed by atoms with van der Waals surface area (Å²) < 4.78 is 7.94. The highest BCUT2D eigenvalue weighted by Gasteiger charge is 2.09. The number of halogens is 1. The molecule has 1 rings (SSSR count). The molecule has 0 aliphatic rings. The van der Waals surface area contributed by atoms with Crippen LogP contribution in [0.5, 0.6) is 0 Å². The summed E-state index contributed by atoms with van der Waals surface area (Å²) in [5.41, 5.74) is 0. The van der Waals surface area contributed by atoms with E-state index in [1.54, 1.807) is 11.8 Å². The van der Waals surface area contributed by atoms with Crippen LogP contribution in [0.25, 0.3) is 0 Å². The zero-order valence-electron chi connectivity index (χ0n) is 6.37. The molecule has 1 heterocycles. The number of aromatic nitrogens is 2. The van der Waals surface area contributed by atoms with Crippen molar-refractivity contribution in [1.82, 2.24) is 8.75 Å². The fourth-order valence-electron chi connectivity index (χ4n) is 0.514. The maximum absolute atomic E-state index is 5.76. The van der Waals surface area contributed by atoms with Crippen LogP contribution in [0.15, 0.2) is 5.03 Å². The first-order valence-corrected chi connectivity index (χ1v) is 5.37. The largest absolute Gasteiger partial charge is 0.176 e. The van der Waals surface area contributed by atoms with Gasteiger partial charge in [-0.3, -0.25) is 0 Å². The lowest BCUT2D eigenvalue weighted by molar-refractivity contribution is 0.903. The van der Waals surface area contributed by atoms with Gasteiger partial charge in [-0.15, -0.1) is 0 Å². The molecule has 1 aromatic heterocycles. The van der Waals surface area contributed by atoms with Crippen LogP contribution in [0.4, 0.5) is 0 Å². The van der Waals surface area contributed by atoms with Gasteiger partial charge >= 0.3 is 0 Å². The summed E-state index contributed by atoms with van der Waals surface area (Å²) >= 11 is 8.60. The highest BCUT2D eigenvalue weighted by Crippen LogP contribution is 2.29. The normalized spacial score (nSPS) is 13.4. The number of thioether (sulfide) groups is 1. The molecule has 0 bridgehead atoms. The van der Waals surface area contributed by atoms with Crippen LogP contribution in [0.1, 0.15) is 20.3 Å². The molecule has 0 saturated carbocycles. The Kier molecular flexibility index (Phi) is 3.62. The smallest absolute Gasteiger partial charge is 0.165 e. The zero-order chi connectivity index (χ0) is 8.27. The molecule has 0 saturated heterocycles. The molecule has 62 valence electrons. The lowest BCUT2D eigenvalue weighted by Crippen LogP contribution is -1.91. The molecular weight excluding hydrogens is 200 g/mol. The molecule has 1 atom stereocenters. The first-order valence-electron chi connectivity index (χ1n) is 3.38. The molecule has 0 N–H and O–H groups in total. The van der Waals surface area contributed by atoms with E-state index in [9.17, 15) is 0 Å². The molecule has 11 heavy (non-hydrogen) atoms. The minimum absolute atomic E-state index is 0.542. The molecule has 5 heteroatoms. The van der Waals surface area contributed by atoms with Crippen molar-refractivity contribution in [3.8, 4) is 0 Å². The van der Waals surface area contributed by atoms with Crippen molar-refractivity contribution < 1.29 is 0 Å². The molecule has 1 unspecified atom stereocenters. The Labute approximate surface area is 79.7 Å². The molecule has 0 amide bonds. The van der Waals surface area contributed by atoms with E-state index < -0.39 is 0 Å². The zero-order valence-corrected chi connectivity index (χ0v) is 8.76. The minimum Gasteiger partial charge on any atom is -0.165 e. The van der Waals surface area contributed by atoms with Gasteiger partial charge in [-0.05, 0) is 6.42 Å². The second-order valence-electron chi connectivity index (χ2n) is 2.20. The molecule has 1 aromatic rings. The van der Waals surface area contributed by atoms with E-state index in [0.717, 1.165) is 11.4 Å². The first kappa shape index (κ1) is 9.29. The molecule has 0 spiro atoms. The number of nitrogens with zero attached hydrogens (tertiary/aromatic N) is 2. The topological polar surface area (TPSA) is 25.8 Å². The second-order valence-corrected chi connectivity index (χ2v) is 4.51. The van der Waals surface area contributed by atoms with Crippen molar-refractivity contribution in [2.75, 3.05) is 0 Å². The van der Waals surface area contributed by atoms with E-state index in [1.807, 2.05) is 0 Å². The highest BCUT2D eigenvalue weighted by molar-refractivity contribution is 8.00. The van der Waals surface area contributed by atoms with Gasteiger partial charge < -0.3 is 0 Å². The molecule has 0 aromatic carbocycles. The van der Waals surface area contributed by atoms with Crippen molar-refractivity contribution >= 4 is 35.1 Å². The van der Waals surface area contributed by atoms with Crippen LogP contribution >= 0.6 is 35.1 Å². The lowest BCUT2D eigenvalue weighted by Gasteiger charge is -2.03. The summed E-state index contributed by atoms with van der Waals surface area (Å²) in [7, 11) is 0. The second kappa shape index (κ2) is 4.28. The Morgan fingerprint density at radius 2 is 2.36 bits per heavy atom. The fourth-order valence-corrected chi connectivity index (χ4v) is 2.21. The van der Waals surface area contributed by atoms with Gasteiger partial charge in [0.25, 0.3) is 0 Å². The molecular formula is C6H9ClN2S2. The van der Waals surface area contributed by atoms with E-state index in [-0.39, 0.29) is 0 Å². The van der Waals surface area contributed by atoms with Gasteiger partial charge in [0, 0.05) is 5.25 Å². The molecule has 0 aliphatic heterocycles. The van der Waals surface area contributed by atoms with Gasteiger partial charge in [-0.2, -0.15) is 8.75 Å². The summed E-state index contributed by atoms with van der Waals surface area (Å²) in [6.07, 6.45) is 1.12. The van der Waals surface area contributed by atoms with E-state index in [4.69, 9.17) is 11.6 Å². The van der Waals surface area contributed by atoms with Crippen LogP contribution in [-0.2, 0) is 0 Å². The summed E-state index contributed by atoms with van der Waals surface area (Å²) in [5, 5.41) is 1.97. The van der Waals surface area contributed by atoms with Gasteiger partial charge in [0.05, 0.1) is 11.7 Å². The summed E-state index contributed by atoms with van der Waals surface area (Å²) in [4.78, 5) is 0. The molecule has 0 radical (unpaired) electrons. The van der Waals surface area contributed by atoms with Crippen LogP contribution < -0.4 is 0 Å². The third-order valence-corrected chi connectivity index (χ3v) is 3.67. The third kappa shape index (κ3) is 2.61. The minimum atomic E-state index is 0.542. The molecule has 2 nitrogen and oxygen atoms in total. The van der Waals surface area contributed by atoms with Crippen molar-refractivity contribution in [2.45, 2.75) is 30.5 Å². The Morgan fingerprint density at radius 3 is 2.82 bits per heavy atom. The SMILES string of the molecule is CCC(C)Sc1nsnc1Cl. The van der Waals surface area contributed by atoms with Crippen molar-refractivity contribution in [3.63, 3.8) is 0 Å². The average Bonchev–Trinajstić information content (AvgIpc) is 2.37. The number of hydrogen-bond acceptors (Lipinski definition) is 4. The van der Waals surface area contributed by atoms with Gasteiger partial charge in [0.2, 0.25) is 0 Å². The number of hydrogen-bond donors (Lipinski definition) is 0. The Hall–Kier alpha value is 0.200. The maximum Gasteiger partial charge on any atom is 0.176 e. The van der Waals surface area contributed by atoms with Crippen molar-refractivity contribution in [2.24, 2.45) is 0 Å². The van der Waals surface area contributed by atoms with E-state index >= 15 is 0 Å². The van der Waals surface area contributed by atoms with Gasteiger partial charge in [0.1, 0.15) is 5.03 Å². The Bertz CT molecular complexity index is 226. The molecule has 0 fully saturated rings. The summed E-state index contributed by atoms with van der Waals surface area (Å²) in [6.45, 7) is 4.30. The van der Waals surface area contributed by atoms with E-state index in [1.165, 1.54) is 11.7 Å². The van der Waals surface area contributed by atoms with Crippen molar-refractivity contribution in [3.05, 3.63) is 5.15 Å². The monoisotopic (exact) mass is 208 g/mol. The first-order chi connectivity index (χ1) is 5.24. The van der Waals surface area contributed by atoms with Crippen LogP contribution in [-0.4, -0.2) is 14.0 Å². The quantitative estimate of drug-likeness (QED) is 0.714. The van der Waals surface area contributed by atoms with Gasteiger partial charge in [-0.25, -0.2) is 0 Å². The van der Waals surface area contributed by atoms with Crippen molar-refractivity contribution in [1.29, 1.82) is 0 Å². The van der Waals surface area contributed by atoms with Crippen LogP contribution in [0.2, 0.25) is 5.15 Å². The maximum atomic E-state index is 5.76. The third-order valence-electron chi connectivity index (χ3n) is 1.31. The standard InChI is InChI=1S/C6H9ClN2S2/c1-3-4(2)10-6-5(7)8-11-9-6/h4H,3H2,1-2H3. The van der Waals surface area contributed by atoms with E-state index in [2.05, 4.69) is 22.6 Å². The van der Waals surface area contributed by atoms with Crippen LogP contribution in [0.3, 0.4) is 0 Å².